The van der Waals surface area contributed by atoms with Crippen LogP contribution in [0.1, 0.15) is 35.5 Å². The van der Waals surface area contributed by atoms with E-state index in [0.29, 0.717) is 10.6 Å². The van der Waals surface area contributed by atoms with Crippen LogP contribution in [0.4, 0.5) is 0 Å². The number of nitrogens with zero attached hydrogens (tertiary/aromatic N) is 1. The lowest BCUT2D eigenvalue weighted by Gasteiger charge is -2.20. The molecule has 6 nitrogen and oxygen atoms in total. The number of rotatable bonds is 6. The third kappa shape index (κ3) is 4.84. The second-order valence-electron chi connectivity index (χ2n) is 7.15. The summed E-state index contributed by atoms with van der Waals surface area (Å²) in [5.41, 5.74) is 5.81. The van der Waals surface area contributed by atoms with Crippen molar-refractivity contribution in [2.45, 2.75) is 26.8 Å². The number of aromatic amines is 1. The molecule has 150 valence electrons. The average molecular weight is 411 g/mol. The number of hydrazone groups is 1. The summed E-state index contributed by atoms with van der Waals surface area (Å²) in [7, 11) is 0. The van der Waals surface area contributed by atoms with Gasteiger partial charge in [0.1, 0.15) is 6.04 Å². The number of benzene rings is 2. The molecule has 0 spiro atoms. The predicted octanol–water partition coefficient (Wildman–Crippen LogP) is 4.03. The fourth-order valence-corrected chi connectivity index (χ4v) is 3.27. The first-order valence-electron chi connectivity index (χ1n) is 9.33. The number of carbonyl (C=O) groups is 2. The molecule has 0 fully saturated rings. The van der Waals surface area contributed by atoms with E-state index in [1.807, 2.05) is 45.0 Å². The van der Waals surface area contributed by atoms with E-state index in [1.165, 1.54) is 0 Å². The predicted molar refractivity (Wildman–Crippen MR) is 116 cm³/mol. The standard InChI is InChI=1S/C22H23ClN4O2/c1-13(2)20(26-21(28)15-7-6-8-16(23)11-15)22(29)27-24-12-18-14(3)25-19-10-5-4-9-17(18)19/h4-13,20,25H,1-3H3,(H,26,28)(H,27,29). The molecule has 0 radical (unpaired) electrons. The van der Waals surface area contributed by atoms with Gasteiger partial charge in [0.15, 0.2) is 0 Å². The summed E-state index contributed by atoms with van der Waals surface area (Å²) in [5, 5.41) is 8.35. The first-order chi connectivity index (χ1) is 13.9. The average Bonchev–Trinajstić information content (AvgIpc) is 3.01. The number of fused-ring (bicyclic) bond motifs is 1. The van der Waals surface area contributed by atoms with Gasteiger partial charge in [-0.3, -0.25) is 9.59 Å². The molecule has 2 aromatic carbocycles. The molecule has 0 bridgehead atoms. The first kappa shape index (κ1) is 20.6. The van der Waals surface area contributed by atoms with Crippen molar-refractivity contribution < 1.29 is 9.59 Å². The molecular formula is C22H23ClN4O2. The Kier molecular flexibility index (Phi) is 6.34. The molecule has 7 heteroatoms. The van der Waals surface area contributed by atoms with Gasteiger partial charge < -0.3 is 10.3 Å². The Morgan fingerprint density at radius 3 is 2.62 bits per heavy atom. The van der Waals surface area contributed by atoms with E-state index in [0.717, 1.165) is 22.2 Å². The van der Waals surface area contributed by atoms with Crippen LogP contribution in [0.3, 0.4) is 0 Å². The molecular weight excluding hydrogens is 388 g/mol. The van der Waals surface area contributed by atoms with Gasteiger partial charge in [-0.25, -0.2) is 5.43 Å². The van der Waals surface area contributed by atoms with Gasteiger partial charge in [0, 0.05) is 32.7 Å². The molecule has 3 rings (SSSR count). The zero-order valence-corrected chi connectivity index (χ0v) is 17.2. The van der Waals surface area contributed by atoms with Gasteiger partial charge in [-0.05, 0) is 37.1 Å². The van der Waals surface area contributed by atoms with Crippen LogP contribution in [0.2, 0.25) is 5.02 Å². The lowest BCUT2D eigenvalue weighted by Crippen LogP contribution is -2.48. The number of para-hydroxylation sites is 1. The normalized spacial score (nSPS) is 12.4. The molecule has 1 heterocycles. The van der Waals surface area contributed by atoms with Crippen LogP contribution in [0, 0.1) is 12.8 Å². The highest BCUT2D eigenvalue weighted by molar-refractivity contribution is 6.31. The van der Waals surface area contributed by atoms with Crippen LogP contribution in [0.25, 0.3) is 10.9 Å². The van der Waals surface area contributed by atoms with Gasteiger partial charge in [-0.1, -0.05) is 49.7 Å². The Bertz CT molecular complexity index is 1070. The minimum absolute atomic E-state index is 0.122. The van der Waals surface area contributed by atoms with Gasteiger partial charge >= 0.3 is 0 Å². The van der Waals surface area contributed by atoms with E-state index in [9.17, 15) is 9.59 Å². The van der Waals surface area contributed by atoms with Crippen LogP contribution < -0.4 is 10.7 Å². The van der Waals surface area contributed by atoms with Crippen molar-refractivity contribution in [1.29, 1.82) is 0 Å². The molecule has 3 aromatic rings. The van der Waals surface area contributed by atoms with Crippen LogP contribution in [-0.2, 0) is 4.79 Å². The summed E-state index contributed by atoms with van der Waals surface area (Å²) in [6, 6.07) is 13.7. The fourth-order valence-electron chi connectivity index (χ4n) is 3.08. The van der Waals surface area contributed by atoms with Crippen molar-refractivity contribution in [1.82, 2.24) is 15.7 Å². The maximum Gasteiger partial charge on any atom is 0.262 e. The van der Waals surface area contributed by atoms with Crippen molar-refractivity contribution in [3.63, 3.8) is 0 Å². The van der Waals surface area contributed by atoms with Crippen molar-refractivity contribution in [3.05, 3.63) is 70.4 Å². The highest BCUT2D eigenvalue weighted by atomic mass is 35.5. The minimum Gasteiger partial charge on any atom is -0.358 e. The second-order valence-corrected chi connectivity index (χ2v) is 7.59. The van der Waals surface area contributed by atoms with Crippen LogP contribution in [0.5, 0.6) is 0 Å². The number of halogens is 1. The maximum absolute atomic E-state index is 12.6. The Morgan fingerprint density at radius 1 is 1.14 bits per heavy atom. The van der Waals surface area contributed by atoms with Gasteiger partial charge in [0.2, 0.25) is 0 Å². The summed E-state index contributed by atoms with van der Waals surface area (Å²) >= 11 is 5.94. The molecule has 0 aliphatic carbocycles. The Balaban J connectivity index is 1.70. The van der Waals surface area contributed by atoms with E-state index in [2.05, 4.69) is 20.8 Å². The Hall–Kier alpha value is -3.12. The lowest BCUT2D eigenvalue weighted by molar-refractivity contribution is -0.123. The summed E-state index contributed by atoms with van der Waals surface area (Å²) in [5.74, 6) is -0.870. The third-order valence-electron chi connectivity index (χ3n) is 4.63. The highest BCUT2D eigenvalue weighted by Crippen LogP contribution is 2.19. The number of hydrogen-bond acceptors (Lipinski definition) is 3. The van der Waals surface area contributed by atoms with Crippen molar-refractivity contribution in [2.24, 2.45) is 11.0 Å². The summed E-state index contributed by atoms with van der Waals surface area (Å²) < 4.78 is 0. The van der Waals surface area contributed by atoms with Crippen molar-refractivity contribution in [3.8, 4) is 0 Å². The van der Waals surface area contributed by atoms with Gasteiger partial charge in [-0.2, -0.15) is 5.10 Å². The number of aryl methyl sites for hydroxylation is 1. The van der Waals surface area contributed by atoms with E-state index in [-0.39, 0.29) is 17.7 Å². The van der Waals surface area contributed by atoms with E-state index in [4.69, 9.17) is 11.6 Å². The minimum atomic E-state index is -0.734. The zero-order valence-electron chi connectivity index (χ0n) is 16.5. The van der Waals surface area contributed by atoms with Gasteiger partial charge in [0.05, 0.1) is 6.21 Å². The molecule has 2 amide bonds. The number of amides is 2. The van der Waals surface area contributed by atoms with Crippen molar-refractivity contribution in [2.75, 3.05) is 0 Å². The quantitative estimate of drug-likeness (QED) is 0.423. The molecule has 0 saturated heterocycles. The highest BCUT2D eigenvalue weighted by Gasteiger charge is 2.24. The largest absolute Gasteiger partial charge is 0.358 e. The van der Waals surface area contributed by atoms with E-state index < -0.39 is 6.04 Å². The number of carbonyl (C=O) groups excluding carboxylic acids is 2. The zero-order chi connectivity index (χ0) is 21.0. The number of hydrogen-bond donors (Lipinski definition) is 3. The number of nitrogens with one attached hydrogen (secondary N) is 3. The smallest absolute Gasteiger partial charge is 0.262 e. The molecule has 1 aromatic heterocycles. The summed E-state index contributed by atoms with van der Waals surface area (Å²) in [6.07, 6.45) is 1.61. The second kappa shape index (κ2) is 8.92. The van der Waals surface area contributed by atoms with Gasteiger partial charge in [-0.15, -0.1) is 0 Å². The van der Waals surface area contributed by atoms with Crippen LogP contribution >= 0.6 is 11.6 Å². The molecule has 3 N–H and O–H groups in total. The third-order valence-corrected chi connectivity index (χ3v) is 4.87. The molecule has 1 unspecified atom stereocenters. The van der Waals surface area contributed by atoms with E-state index in [1.54, 1.807) is 30.5 Å². The Labute approximate surface area is 174 Å². The lowest BCUT2D eigenvalue weighted by atomic mass is 10.0. The molecule has 1 atom stereocenters. The summed E-state index contributed by atoms with van der Waals surface area (Å²) in [4.78, 5) is 28.4. The summed E-state index contributed by atoms with van der Waals surface area (Å²) in [6.45, 7) is 5.66. The number of H-pyrrole nitrogens is 1. The number of aromatic nitrogens is 1. The van der Waals surface area contributed by atoms with E-state index >= 15 is 0 Å². The monoisotopic (exact) mass is 410 g/mol. The van der Waals surface area contributed by atoms with Crippen LogP contribution in [-0.4, -0.2) is 29.1 Å². The molecule has 0 saturated carbocycles. The molecule has 0 aliphatic rings. The topological polar surface area (TPSA) is 86.3 Å². The Morgan fingerprint density at radius 2 is 1.90 bits per heavy atom. The maximum atomic E-state index is 12.6. The molecule has 29 heavy (non-hydrogen) atoms. The fraction of sp³-hybridized carbons (Fsp3) is 0.227. The SMILES string of the molecule is Cc1[nH]c2ccccc2c1C=NNC(=O)C(NC(=O)c1cccc(Cl)c1)C(C)C. The van der Waals surface area contributed by atoms with Crippen LogP contribution in [0.15, 0.2) is 53.6 Å². The van der Waals surface area contributed by atoms with Gasteiger partial charge in [0.25, 0.3) is 11.8 Å². The first-order valence-corrected chi connectivity index (χ1v) is 9.71. The molecule has 0 aliphatic heterocycles. The van der Waals surface area contributed by atoms with Crippen molar-refractivity contribution >= 4 is 40.5 Å².